The summed E-state index contributed by atoms with van der Waals surface area (Å²) < 4.78 is 9.68. The molecule has 0 atom stereocenters. The van der Waals surface area contributed by atoms with Gasteiger partial charge in [0.1, 0.15) is 23.7 Å². The second-order valence-electron chi connectivity index (χ2n) is 6.03. The van der Waals surface area contributed by atoms with E-state index in [1.807, 2.05) is 0 Å². The summed E-state index contributed by atoms with van der Waals surface area (Å²) in [6, 6.07) is 0. The number of carbonyl (C=O) groups excluding carboxylic acids is 3. The molecule has 0 bridgehead atoms. The van der Waals surface area contributed by atoms with E-state index >= 15 is 0 Å². The highest BCUT2D eigenvalue weighted by Gasteiger charge is 2.29. The monoisotopic (exact) mass is 324 g/mol. The molecule has 0 aliphatic heterocycles. The Morgan fingerprint density at radius 1 is 1.17 bits per heavy atom. The van der Waals surface area contributed by atoms with Crippen molar-refractivity contribution in [2.45, 2.75) is 34.3 Å². The highest BCUT2D eigenvalue weighted by atomic mass is 16.5. The standard InChI is InChI=1S/C16H20O7/c1-8-12(18)9(6-17)10(7-23-15(21)16(2,3)4)11(13(8)19)14(20)22-5/h6,18-19H,7H2,1-5H3. The van der Waals surface area contributed by atoms with Crippen molar-refractivity contribution >= 4 is 18.2 Å². The van der Waals surface area contributed by atoms with Crippen LogP contribution in [0.15, 0.2) is 0 Å². The molecule has 0 aliphatic rings. The van der Waals surface area contributed by atoms with Gasteiger partial charge in [-0.05, 0) is 27.7 Å². The first kappa shape index (κ1) is 18.5. The molecule has 7 nitrogen and oxygen atoms in total. The molecule has 0 aromatic heterocycles. The van der Waals surface area contributed by atoms with Gasteiger partial charge in [-0.1, -0.05) is 0 Å². The number of hydrogen-bond acceptors (Lipinski definition) is 7. The van der Waals surface area contributed by atoms with Crippen LogP contribution in [0.25, 0.3) is 0 Å². The summed E-state index contributed by atoms with van der Waals surface area (Å²) in [6.45, 7) is 5.80. The van der Waals surface area contributed by atoms with Crippen molar-refractivity contribution in [2.24, 2.45) is 5.41 Å². The van der Waals surface area contributed by atoms with E-state index in [-0.39, 0.29) is 22.3 Å². The number of methoxy groups -OCH3 is 1. The molecule has 7 heteroatoms. The summed E-state index contributed by atoms with van der Waals surface area (Å²) in [5, 5.41) is 20.1. The van der Waals surface area contributed by atoms with Gasteiger partial charge in [0.15, 0.2) is 6.29 Å². The third-order valence-corrected chi connectivity index (χ3v) is 3.30. The fourth-order valence-corrected chi connectivity index (χ4v) is 1.88. The second-order valence-corrected chi connectivity index (χ2v) is 6.03. The molecule has 0 aliphatic carbocycles. The van der Waals surface area contributed by atoms with E-state index in [0.717, 1.165) is 7.11 Å². The fourth-order valence-electron chi connectivity index (χ4n) is 1.88. The van der Waals surface area contributed by atoms with Crippen LogP contribution in [0.1, 0.15) is 52.6 Å². The van der Waals surface area contributed by atoms with Gasteiger partial charge in [-0.25, -0.2) is 4.79 Å². The number of ether oxygens (including phenoxy) is 2. The van der Waals surface area contributed by atoms with Crippen LogP contribution < -0.4 is 0 Å². The number of esters is 2. The Balaban J connectivity index is 3.46. The number of benzene rings is 1. The predicted octanol–water partition coefficient (Wildman–Crippen LogP) is 2.09. The maximum Gasteiger partial charge on any atom is 0.342 e. The molecule has 0 heterocycles. The van der Waals surface area contributed by atoms with Gasteiger partial charge in [0, 0.05) is 11.1 Å². The molecule has 0 amide bonds. The van der Waals surface area contributed by atoms with Gasteiger partial charge in [0.2, 0.25) is 0 Å². The number of phenolic OH excluding ortho intramolecular Hbond substituents is 2. The van der Waals surface area contributed by atoms with Crippen molar-refractivity contribution < 1.29 is 34.1 Å². The Kier molecular flexibility index (Phi) is 5.37. The zero-order chi connectivity index (χ0) is 17.9. The first-order valence-corrected chi connectivity index (χ1v) is 6.84. The molecule has 0 fully saturated rings. The number of phenols is 2. The Morgan fingerprint density at radius 2 is 1.74 bits per heavy atom. The van der Waals surface area contributed by atoms with Crippen molar-refractivity contribution in [3.05, 3.63) is 22.3 Å². The number of hydrogen-bond donors (Lipinski definition) is 2. The number of aromatic hydroxyl groups is 2. The smallest absolute Gasteiger partial charge is 0.342 e. The topological polar surface area (TPSA) is 110 Å². The van der Waals surface area contributed by atoms with Crippen molar-refractivity contribution in [1.82, 2.24) is 0 Å². The molecular formula is C16H20O7. The summed E-state index contributed by atoms with van der Waals surface area (Å²) >= 11 is 0. The molecule has 2 N–H and O–H groups in total. The van der Waals surface area contributed by atoms with Crippen LogP contribution in [0.5, 0.6) is 11.5 Å². The number of rotatable bonds is 4. The van der Waals surface area contributed by atoms with Crippen LogP contribution >= 0.6 is 0 Å². The zero-order valence-corrected chi connectivity index (χ0v) is 13.7. The van der Waals surface area contributed by atoms with Gasteiger partial charge in [-0.15, -0.1) is 0 Å². The lowest BCUT2D eigenvalue weighted by atomic mass is 9.95. The van der Waals surface area contributed by atoms with E-state index in [0.29, 0.717) is 6.29 Å². The molecule has 0 radical (unpaired) electrons. The Bertz CT molecular complexity index is 654. The predicted molar refractivity (Wildman–Crippen MR) is 80.5 cm³/mol. The third-order valence-electron chi connectivity index (χ3n) is 3.30. The lowest BCUT2D eigenvalue weighted by Crippen LogP contribution is -2.23. The minimum Gasteiger partial charge on any atom is -0.507 e. The molecule has 0 unspecified atom stereocenters. The summed E-state index contributed by atoms with van der Waals surface area (Å²) in [5.41, 5.74) is -1.49. The average Bonchev–Trinajstić information content (AvgIpc) is 2.48. The molecule has 0 saturated carbocycles. The molecule has 126 valence electrons. The van der Waals surface area contributed by atoms with E-state index in [1.54, 1.807) is 20.8 Å². The van der Waals surface area contributed by atoms with Crippen LogP contribution in [-0.4, -0.2) is 35.5 Å². The van der Waals surface area contributed by atoms with Crippen LogP contribution in [0.3, 0.4) is 0 Å². The first-order valence-electron chi connectivity index (χ1n) is 6.84. The van der Waals surface area contributed by atoms with E-state index in [1.165, 1.54) is 6.92 Å². The van der Waals surface area contributed by atoms with Gasteiger partial charge in [0.25, 0.3) is 0 Å². The molecule has 1 aromatic rings. The van der Waals surface area contributed by atoms with Crippen LogP contribution in [0, 0.1) is 12.3 Å². The van der Waals surface area contributed by atoms with Crippen LogP contribution in [-0.2, 0) is 20.9 Å². The molecule has 0 saturated heterocycles. The van der Waals surface area contributed by atoms with Gasteiger partial charge in [0.05, 0.1) is 18.1 Å². The normalized spacial score (nSPS) is 11.0. The maximum atomic E-state index is 11.9. The Morgan fingerprint density at radius 3 is 2.17 bits per heavy atom. The Labute approximate surface area is 133 Å². The van der Waals surface area contributed by atoms with E-state index in [4.69, 9.17) is 4.74 Å². The van der Waals surface area contributed by atoms with Crippen LogP contribution in [0.4, 0.5) is 0 Å². The zero-order valence-electron chi connectivity index (χ0n) is 13.7. The first-order chi connectivity index (χ1) is 10.6. The minimum atomic E-state index is -0.907. The summed E-state index contributed by atoms with van der Waals surface area (Å²) in [4.78, 5) is 35.1. The van der Waals surface area contributed by atoms with Crippen molar-refractivity contribution in [1.29, 1.82) is 0 Å². The van der Waals surface area contributed by atoms with Crippen molar-refractivity contribution in [3.8, 4) is 11.5 Å². The van der Waals surface area contributed by atoms with Gasteiger partial charge < -0.3 is 19.7 Å². The second kappa shape index (κ2) is 6.68. The molecular weight excluding hydrogens is 304 g/mol. The molecule has 0 spiro atoms. The summed E-state index contributed by atoms with van der Waals surface area (Å²) in [6.07, 6.45) is 0.328. The minimum absolute atomic E-state index is 0.0432. The largest absolute Gasteiger partial charge is 0.507 e. The molecule has 23 heavy (non-hydrogen) atoms. The highest BCUT2D eigenvalue weighted by Crippen LogP contribution is 2.37. The third kappa shape index (κ3) is 3.61. The molecule has 1 aromatic carbocycles. The maximum absolute atomic E-state index is 11.9. The lowest BCUT2D eigenvalue weighted by Gasteiger charge is -2.19. The summed E-state index contributed by atoms with van der Waals surface area (Å²) in [5.74, 6) is -2.48. The van der Waals surface area contributed by atoms with Crippen LogP contribution in [0.2, 0.25) is 0 Å². The summed E-state index contributed by atoms with van der Waals surface area (Å²) in [7, 11) is 1.11. The van der Waals surface area contributed by atoms with E-state index < -0.39 is 35.5 Å². The van der Waals surface area contributed by atoms with Gasteiger partial charge >= 0.3 is 11.9 Å². The van der Waals surface area contributed by atoms with Crippen molar-refractivity contribution in [3.63, 3.8) is 0 Å². The Hall–Kier alpha value is -2.57. The van der Waals surface area contributed by atoms with E-state index in [2.05, 4.69) is 4.74 Å². The lowest BCUT2D eigenvalue weighted by molar-refractivity contribution is -0.154. The quantitative estimate of drug-likeness (QED) is 0.644. The van der Waals surface area contributed by atoms with Crippen molar-refractivity contribution in [2.75, 3.05) is 7.11 Å². The highest BCUT2D eigenvalue weighted by molar-refractivity contribution is 5.99. The number of carbonyl (C=O) groups is 3. The van der Waals surface area contributed by atoms with Gasteiger partial charge in [-0.2, -0.15) is 0 Å². The number of aldehydes is 1. The van der Waals surface area contributed by atoms with Gasteiger partial charge in [-0.3, -0.25) is 9.59 Å². The fraction of sp³-hybridized carbons (Fsp3) is 0.438. The average molecular weight is 324 g/mol. The SMILES string of the molecule is COC(=O)c1c(O)c(C)c(O)c(C=O)c1COC(=O)C(C)(C)C. The molecule has 1 rings (SSSR count). The van der Waals surface area contributed by atoms with E-state index in [9.17, 15) is 24.6 Å².